The molecule has 0 aromatic heterocycles. The molecule has 0 rings (SSSR count). The normalized spacial score (nSPS) is 13.4. The molecule has 0 bridgehead atoms. The lowest BCUT2D eigenvalue weighted by Gasteiger charge is -2.21. The summed E-state index contributed by atoms with van der Waals surface area (Å²) >= 11 is 0. The van der Waals surface area contributed by atoms with Gasteiger partial charge in [0.2, 0.25) is 0 Å². The molecule has 0 amide bonds. The van der Waals surface area contributed by atoms with Gasteiger partial charge in [0.25, 0.3) is 0 Å². The predicted molar refractivity (Wildman–Crippen MR) is 80.5 cm³/mol. The highest BCUT2D eigenvalue weighted by Crippen LogP contribution is 1.99. The van der Waals surface area contributed by atoms with Crippen LogP contribution in [0.4, 0.5) is 0 Å². The third-order valence-corrected chi connectivity index (χ3v) is 3.78. The molecular weight excluding hydrogens is 280 g/mol. The van der Waals surface area contributed by atoms with Crippen molar-refractivity contribution in [3.8, 4) is 0 Å². The minimum atomic E-state index is -2.95. The zero-order valence-corrected chi connectivity index (χ0v) is 13.8. The standard InChI is InChI=1S/C13H28N2O4S/c1-5-8-14-12(13(16)19-6-2)7-9-15(3)10-11-20(4,17)18/h12,14H,5-11H2,1-4H3. The van der Waals surface area contributed by atoms with Gasteiger partial charge >= 0.3 is 5.97 Å². The topological polar surface area (TPSA) is 75.7 Å². The van der Waals surface area contributed by atoms with Gasteiger partial charge in [-0.15, -0.1) is 0 Å². The van der Waals surface area contributed by atoms with Crippen molar-refractivity contribution in [2.75, 3.05) is 45.3 Å². The molecule has 7 heteroatoms. The molecule has 1 atom stereocenters. The summed E-state index contributed by atoms with van der Waals surface area (Å²) in [6.45, 7) is 6.07. The van der Waals surface area contributed by atoms with Crippen molar-refractivity contribution >= 4 is 15.8 Å². The van der Waals surface area contributed by atoms with E-state index in [0.717, 1.165) is 13.0 Å². The molecule has 20 heavy (non-hydrogen) atoms. The second kappa shape index (κ2) is 10.1. The molecule has 0 aromatic carbocycles. The van der Waals surface area contributed by atoms with Crippen LogP contribution in [0.1, 0.15) is 26.7 Å². The lowest BCUT2D eigenvalue weighted by atomic mass is 10.2. The first-order chi connectivity index (χ1) is 9.30. The van der Waals surface area contributed by atoms with Crippen molar-refractivity contribution < 1.29 is 17.9 Å². The van der Waals surface area contributed by atoms with E-state index in [2.05, 4.69) is 5.32 Å². The Morgan fingerprint density at radius 3 is 2.45 bits per heavy atom. The van der Waals surface area contributed by atoms with Crippen LogP contribution in [0.3, 0.4) is 0 Å². The van der Waals surface area contributed by atoms with Crippen LogP contribution >= 0.6 is 0 Å². The Labute approximate surface area is 122 Å². The SMILES string of the molecule is CCCNC(CCN(C)CCS(C)(=O)=O)C(=O)OCC. The van der Waals surface area contributed by atoms with Crippen LogP contribution in [0, 0.1) is 0 Å². The predicted octanol–water partition coefficient (Wildman–Crippen LogP) is 0.284. The van der Waals surface area contributed by atoms with E-state index >= 15 is 0 Å². The van der Waals surface area contributed by atoms with E-state index in [1.54, 1.807) is 6.92 Å². The number of sulfone groups is 1. The monoisotopic (exact) mass is 308 g/mol. The molecule has 0 saturated carbocycles. The van der Waals surface area contributed by atoms with Crippen LogP contribution in [0.5, 0.6) is 0 Å². The molecule has 0 heterocycles. The zero-order chi connectivity index (χ0) is 15.6. The second-order valence-electron chi connectivity index (χ2n) is 4.98. The quantitative estimate of drug-likeness (QED) is 0.553. The first kappa shape index (κ1) is 19.3. The molecule has 0 aliphatic rings. The summed E-state index contributed by atoms with van der Waals surface area (Å²) in [7, 11) is -1.09. The molecule has 0 fully saturated rings. The van der Waals surface area contributed by atoms with Gasteiger partial charge in [-0.1, -0.05) is 6.92 Å². The van der Waals surface area contributed by atoms with Crippen LogP contribution in [0.25, 0.3) is 0 Å². The van der Waals surface area contributed by atoms with E-state index in [0.29, 0.717) is 26.1 Å². The zero-order valence-electron chi connectivity index (χ0n) is 13.0. The van der Waals surface area contributed by atoms with E-state index in [1.807, 2.05) is 18.9 Å². The maximum Gasteiger partial charge on any atom is 0.323 e. The Kier molecular flexibility index (Phi) is 9.79. The Balaban J connectivity index is 4.19. The molecule has 0 spiro atoms. The Morgan fingerprint density at radius 2 is 1.95 bits per heavy atom. The fourth-order valence-corrected chi connectivity index (χ4v) is 2.29. The molecule has 0 aliphatic carbocycles. The third-order valence-electron chi connectivity index (χ3n) is 2.86. The van der Waals surface area contributed by atoms with Crippen LogP contribution in [0.15, 0.2) is 0 Å². The highest BCUT2D eigenvalue weighted by Gasteiger charge is 2.19. The largest absolute Gasteiger partial charge is 0.465 e. The molecule has 0 saturated heterocycles. The average Bonchev–Trinajstić information content (AvgIpc) is 2.35. The third kappa shape index (κ3) is 10.2. The highest BCUT2D eigenvalue weighted by atomic mass is 32.2. The van der Waals surface area contributed by atoms with Gasteiger partial charge in [0.15, 0.2) is 0 Å². The van der Waals surface area contributed by atoms with Crippen molar-refractivity contribution in [2.45, 2.75) is 32.7 Å². The number of rotatable bonds is 11. The van der Waals surface area contributed by atoms with Crippen LogP contribution in [0.2, 0.25) is 0 Å². The summed E-state index contributed by atoms with van der Waals surface area (Å²) in [4.78, 5) is 13.7. The van der Waals surface area contributed by atoms with Gasteiger partial charge in [0.05, 0.1) is 12.4 Å². The molecule has 1 N–H and O–H groups in total. The van der Waals surface area contributed by atoms with Crippen LogP contribution in [-0.4, -0.2) is 70.6 Å². The molecule has 120 valence electrons. The summed E-state index contributed by atoms with van der Waals surface area (Å²) in [5, 5.41) is 3.16. The van der Waals surface area contributed by atoms with Crippen molar-refractivity contribution in [3.63, 3.8) is 0 Å². The number of carbonyl (C=O) groups is 1. The summed E-state index contributed by atoms with van der Waals surface area (Å²) in [6.07, 6.45) is 2.78. The summed E-state index contributed by atoms with van der Waals surface area (Å²) in [6, 6.07) is -0.324. The second-order valence-corrected chi connectivity index (χ2v) is 7.24. The van der Waals surface area contributed by atoms with E-state index < -0.39 is 9.84 Å². The molecule has 0 aliphatic heterocycles. The first-order valence-corrected chi connectivity index (χ1v) is 9.12. The maximum atomic E-state index is 11.8. The van der Waals surface area contributed by atoms with Crippen molar-refractivity contribution in [1.82, 2.24) is 10.2 Å². The van der Waals surface area contributed by atoms with Gasteiger partial charge in [0, 0.05) is 12.8 Å². The minimum Gasteiger partial charge on any atom is -0.465 e. The number of nitrogens with one attached hydrogen (secondary N) is 1. The van der Waals surface area contributed by atoms with E-state index in [9.17, 15) is 13.2 Å². The Morgan fingerprint density at radius 1 is 1.30 bits per heavy atom. The fourth-order valence-electron chi connectivity index (χ4n) is 1.65. The summed E-state index contributed by atoms with van der Waals surface area (Å²) in [5.74, 6) is -0.104. The molecular formula is C13H28N2O4S. The van der Waals surface area contributed by atoms with E-state index in [1.165, 1.54) is 6.26 Å². The molecule has 1 unspecified atom stereocenters. The number of hydrogen-bond donors (Lipinski definition) is 1. The van der Waals surface area contributed by atoms with Crippen molar-refractivity contribution in [3.05, 3.63) is 0 Å². The lowest BCUT2D eigenvalue weighted by molar-refractivity contribution is -0.145. The molecule has 0 radical (unpaired) electrons. The first-order valence-electron chi connectivity index (χ1n) is 7.06. The number of hydrogen-bond acceptors (Lipinski definition) is 6. The van der Waals surface area contributed by atoms with Gasteiger partial charge in [-0.2, -0.15) is 0 Å². The van der Waals surface area contributed by atoms with E-state index in [-0.39, 0.29) is 17.8 Å². The smallest absolute Gasteiger partial charge is 0.323 e. The average molecular weight is 308 g/mol. The minimum absolute atomic E-state index is 0.135. The maximum absolute atomic E-state index is 11.8. The highest BCUT2D eigenvalue weighted by molar-refractivity contribution is 7.90. The van der Waals surface area contributed by atoms with Gasteiger partial charge in [-0.3, -0.25) is 4.79 Å². The number of ether oxygens (including phenoxy) is 1. The van der Waals surface area contributed by atoms with Gasteiger partial charge in [-0.05, 0) is 39.9 Å². The van der Waals surface area contributed by atoms with Crippen LogP contribution in [-0.2, 0) is 19.4 Å². The fraction of sp³-hybridized carbons (Fsp3) is 0.923. The van der Waals surface area contributed by atoms with Crippen molar-refractivity contribution in [2.24, 2.45) is 0 Å². The lowest BCUT2D eigenvalue weighted by Crippen LogP contribution is -2.41. The molecule has 0 aromatic rings. The molecule has 6 nitrogen and oxygen atoms in total. The van der Waals surface area contributed by atoms with E-state index in [4.69, 9.17) is 4.74 Å². The van der Waals surface area contributed by atoms with Gasteiger partial charge in [-0.25, -0.2) is 8.42 Å². The van der Waals surface area contributed by atoms with Crippen LogP contribution < -0.4 is 5.32 Å². The summed E-state index contributed by atoms with van der Waals surface area (Å²) in [5.41, 5.74) is 0. The summed E-state index contributed by atoms with van der Waals surface area (Å²) < 4.78 is 27.2. The van der Waals surface area contributed by atoms with Crippen molar-refractivity contribution in [1.29, 1.82) is 0 Å². The Hall–Kier alpha value is -0.660. The van der Waals surface area contributed by atoms with Gasteiger partial charge < -0.3 is 15.0 Å². The Bertz CT molecular complexity index is 371. The number of carbonyl (C=O) groups excluding carboxylic acids is 1. The van der Waals surface area contributed by atoms with Gasteiger partial charge in [0.1, 0.15) is 15.9 Å². The number of esters is 1. The number of nitrogens with zero attached hydrogens (tertiary/aromatic N) is 1.